The maximum atomic E-state index is 12.9. The Balaban J connectivity index is 1.82. The number of alkyl halides is 3. The van der Waals surface area contributed by atoms with Crippen molar-refractivity contribution in [1.29, 1.82) is 0 Å². The van der Waals surface area contributed by atoms with Gasteiger partial charge in [0.15, 0.2) is 0 Å². The highest BCUT2D eigenvalue weighted by atomic mass is 35.5. The lowest BCUT2D eigenvalue weighted by Gasteiger charge is -2.18. The first kappa shape index (κ1) is 19.2. The van der Waals surface area contributed by atoms with Gasteiger partial charge in [-0.3, -0.25) is 4.79 Å². The molecule has 2 amide bonds. The van der Waals surface area contributed by atoms with Gasteiger partial charge in [-0.25, -0.2) is 4.79 Å². The summed E-state index contributed by atoms with van der Waals surface area (Å²) in [4.78, 5) is 23.8. The van der Waals surface area contributed by atoms with E-state index in [2.05, 4.69) is 5.32 Å². The third-order valence-electron chi connectivity index (χ3n) is 3.79. The van der Waals surface area contributed by atoms with Crippen molar-refractivity contribution in [3.63, 3.8) is 0 Å². The fourth-order valence-electron chi connectivity index (χ4n) is 2.55. The zero-order chi connectivity index (χ0) is 18.6. The molecule has 138 valence electrons. The molecule has 2 N–H and O–H groups in total. The van der Waals surface area contributed by atoms with Crippen LogP contribution in [-0.4, -0.2) is 54.4 Å². The molecule has 10 heteroatoms. The number of ether oxygens (including phenoxy) is 1. The number of rotatable bonds is 5. The van der Waals surface area contributed by atoms with Crippen LogP contribution in [0.1, 0.15) is 0 Å². The van der Waals surface area contributed by atoms with E-state index in [1.807, 2.05) is 0 Å². The zero-order valence-corrected chi connectivity index (χ0v) is 13.7. The molecular weight excluding hydrogens is 365 g/mol. The smallest absolute Gasteiger partial charge is 0.394 e. The molecule has 1 aliphatic rings. The summed E-state index contributed by atoms with van der Waals surface area (Å²) in [6.45, 7) is -1.02. The highest BCUT2D eigenvalue weighted by Gasteiger charge is 2.53. The summed E-state index contributed by atoms with van der Waals surface area (Å²) in [5.74, 6) is -4.81. The number of amides is 2. The molecule has 2 atom stereocenters. The Morgan fingerprint density at radius 1 is 1.36 bits per heavy atom. The lowest BCUT2D eigenvalue weighted by Crippen LogP contribution is -2.41. The SMILES string of the molecule is O=C(O)[C@@H]1CN(C(=O)NCCOc2cccc(Cl)c2)C[C@H]1C(F)(F)F. The summed E-state index contributed by atoms with van der Waals surface area (Å²) in [5, 5.41) is 11.8. The van der Waals surface area contributed by atoms with Crippen molar-refractivity contribution in [3.05, 3.63) is 29.3 Å². The number of carbonyl (C=O) groups is 2. The number of benzene rings is 1. The first-order chi connectivity index (χ1) is 11.7. The summed E-state index contributed by atoms with van der Waals surface area (Å²) in [6.07, 6.45) is -4.67. The minimum absolute atomic E-state index is 0.0519. The number of halogens is 4. The Bertz CT molecular complexity index is 641. The maximum absolute atomic E-state index is 12.9. The van der Waals surface area contributed by atoms with Gasteiger partial charge in [0.05, 0.1) is 18.4 Å². The average molecular weight is 381 g/mol. The Hall–Kier alpha value is -2.16. The van der Waals surface area contributed by atoms with E-state index in [1.54, 1.807) is 24.3 Å². The highest BCUT2D eigenvalue weighted by Crippen LogP contribution is 2.37. The van der Waals surface area contributed by atoms with Crippen molar-refractivity contribution < 1.29 is 32.6 Å². The largest absolute Gasteiger partial charge is 0.492 e. The number of carboxylic acids is 1. The normalized spacial score (nSPS) is 20.4. The molecular formula is C15H16ClF3N2O4. The van der Waals surface area contributed by atoms with E-state index in [0.29, 0.717) is 10.8 Å². The maximum Gasteiger partial charge on any atom is 0.394 e. The second kappa shape index (κ2) is 7.81. The molecule has 0 aliphatic carbocycles. The van der Waals surface area contributed by atoms with Gasteiger partial charge in [-0.1, -0.05) is 17.7 Å². The second-order valence-corrected chi connectivity index (χ2v) is 5.97. The molecule has 0 bridgehead atoms. The summed E-state index contributed by atoms with van der Waals surface area (Å²) < 4.78 is 44.0. The molecule has 1 fully saturated rings. The fraction of sp³-hybridized carbons (Fsp3) is 0.467. The third kappa shape index (κ3) is 5.15. The lowest BCUT2D eigenvalue weighted by molar-refractivity contribution is -0.187. The fourth-order valence-corrected chi connectivity index (χ4v) is 2.73. The van der Waals surface area contributed by atoms with Gasteiger partial charge in [-0.2, -0.15) is 13.2 Å². The van der Waals surface area contributed by atoms with Crippen molar-refractivity contribution in [3.8, 4) is 5.75 Å². The Morgan fingerprint density at radius 2 is 2.08 bits per heavy atom. The monoisotopic (exact) mass is 380 g/mol. The van der Waals surface area contributed by atoms with Crippen molar-refractivity contribution in [2.75, 3.05) is 26.2 Å². The van der Waals surface area contributed by atoms with Gasteiger partial charge in [0.2, 0.25) is 0 Å². The van der Waals surface area contributed by atoms with Gasteiger partial charge in [0, 0.05) is 18.1 Å². The van der Waals surface area contributed by atoms with E-state index in [-0.39, 0.29) is 13.2 Å². The van der Waals surface area contributed by atoms with Crippen molar-refractivity contribution >= 4 is 23.6 Å². The van der Waals surface area contributed by atoms with Gasteiger partial charge < -0.3 is 20.1 Å². The molecule has 0 radical (unpaired) electrons. The predicted molar refractivity (Wildman–Crippen MR) is 82.6 cm³/mol. The van der Waals surface area contributed by atoms with Crippen LogP contribution in [-0.2, 0) is 4.79 Å². The predicted octanol–water partition coefficient (Wildman–Crippen LogP) is 2.62. The number of hydrogen-bond acceptors (Lipinski definition) is 3. The number of likely N-dealkylation sites (tertiary alicyclic amines) is 1. The van der Waals surface area contributed by atoms with E-state index >= 15 is 0 Å². The number of carboxylic acid groups (broad SMARTS) is 1. The van der Waals surface area contributed by atoms with Gasteiger partial charge >= 0.3 is 18.2 Å². The van der Waals surface area contributed by atoms with E-state index in [9.17, 15) is 22.8 Å². The van der Waals surface area contributed by atoms with Crippen LogP contribution in [0.3, 0.4) is 0 Å². The quantitative estimate of drug-likeness (QED) is 0.770. The molecule has 1 saturated heterocycles. The minimum atomic E-state index is -4.67. The molecule has 1 aliphatic heterocycles. The summed E-state index contributed by atoms with van der Waals surface area (Å²) >= 11 is 5.79. The van der Waals surface area contributed by atoms with Crippen LogP contribution in [0.5, 0.6) is 5.75 Å². The zero-order valence-electron chi connectivity index (χ0n) is 12.9. The summed E-state index contributed by atoms with van der Waals surface area (Å²) in [6, 6.07) is 5.84. The Morgan fingerprint density at radius 3 is 2.64 bits per heavy atom. The van der Waals surface area contributed by atoms with E-state index in [4.69, 9.17) is 21.4 Å². The number of hydrogen-bond donors (Lipinski definition) is 2. The first-order valence-electron chi connectivity index (χ1n) is 7.39. The highest BCUT2D eigenvalue weighted by molar-refractivity contribution is 6.30. The minimum Gasteiger partial charge on any atom is -0.492 e. The van der Waals surface area contributed by atoms with Crippen LogP contribution >= 0.6 is 11.6 Å². The number of nitrogens with zero attached hydrogens (tertiary/aromatic N) is 1. The molecule has 0 saturated carbocycles. The molecule has 1 aromatic rings. The number of aliphatic carboxylic acids is 1. The van der Waals surface area contributed by atoms with Crippen LogP contribution in [0.2, 0.25) is 5.02 Å². The molecule has 0 aromatic heterocycles. The molecule has 0 unspecified atom stereocenters. The second-order valence-electron chi connectivity index (χ2n) is 5.54. The van der Waals surface area contributed by atoms with Crippen LogP contribution in [0.15, 0.2) is 24.3 Å². The van der Waals surface area contributed by atoms with Gasteiger partial charge in [0.1, 0.15) is 12.4 Å². The van der Waals surface area contributed by atoms with Crippen molar-refractivity contribution in [2.45, 2.75) is 6.18 Å². The molecule has 1 heterocycles. The Kier molecular flexibility index (Phi) is 5.99. The third-order valence-corrected chi connectivity index (χ3v) is 4.02. The van der Waals surface area contributed by atoms with E-state index in [1.165, 1.54) is 0 Å². The Labute approximate surface area is 146 Å². The van der Waals surface area contributed by atoms with Gasteiger partial charge in [-0.15, -0.1) is 0 Å². The van der Waals surface area contributed by atoms with E-state index in [0.717, 1.165) is 4.90 Å². The van der Waals surface area contributed by atoms with E-state index < -0.39 is 43.1 Å². The molecule has 0 spiro atoms. The lowest BCUT2D eigenvalue weighted by atomic mass is 9.96. The van der Waals surface area contributed by atoms with Crippen LogP contribution in [0.25, 0.3) is 0 Å². The van der Waals surface area contributed by atoms with Crippen LogP contribution in [0, 0.1) is 11.8 Å². The van der Waals surface area contributed by atoms with Crippen molar-refractivity contribution in [2.24, 2.45) is 11.8 Å². The van der Waals surface area contributed by atoms with Gasteiger partial charge in [0.25, 0.3) is 0 Å². The van der Waals surface area contributed by atoms with Gasteiger partial charge in [-0.05, 0) is 18.2 Å². The number of nitrogens with one attached hydrogen (secondary N) is 1. The topological polar surface area (TPSA) is 78.9 Å². The summed E-state index contributed by atoms with van der Waals surface area (Å²) in [5.41, 5.74) is 0. The van der Waals surface area contributed by atoms with Crippen LogP contribution in [0.4, 0.5) is 18.0 Å². The van der Waals surface area contributed by atoms with Crippen LogP contribution < -0.4 is 10.1 Å². The molecule has 6 nitrogen and oxygen atoms in total. The first-order valence-corrected chi connectivity index (χ1v) is 7.77. The summed E-state index contributed by atoms with van der Waals surface area (Å²) in [7, 11) is 0. The average Bonchev–Trinajstić information content (AvgIpc) is 2.97. The number of carbonyl (C=O) groups excluding carboxylic acids is 1. The molecule has 2 rings (SSSR count). The number of urea groups is 1. The standard InChI is InChI=1S/C15H16ClF3N2O4/c16-9-2-1-3-10(6-9)25-5-4-20-14(24)21-7-11(13(22)23)12(8-21)15(17,18)19/h1-3,6,11-12H,4-5,7-8H2,(H,20,24)(H,22,23)/t11-,12-/m1/s1. The molecule has 25 heavy (non-hydrogen) atoms. The van der Waals surface area contributed by atoms with Crippen molar-refractivity contribution in [1.82, 2.24) is 10.2 Å². The molecule has 1 aromatic carbocycles.